The maximum atomic E-state index is 5.29. The van der Waals surface area contributed by atoms with Crippen molar-refractivity contribution < 1.29 is 9.47 Å². The Morgan fingerprint density at radius 2 is 1.92 bits per heavy atom. The van der Waals surface area contributed by atoms with Crippen molar-refractivity contribution in [2.24, 2.45) is 5.73 Å². The molecule has 0 aromatic heterocycles. The number of hydrogen-bond acceptors (Lipinski definition) is 3. The predicted molar refractivity (Wildman–Crippen MR) is 51.7 cm³/mol. The van der Waals surface area contributed by atoms with Crippen LogP contribution in [-0.4, -0.2) is 20.3 Å². The molecule has 3 heteroatoms. The first-order chi connectivity index (χ1) is 6.36. The van der Waals surface area contributed by atoms with Gasteiger partial charge in [-0.05, 0) is 17.7 Å². The third-order valence-corrected chi connectivity index (χ3v) is 1.69. The lowest BCUT2D eigenvalue weighted by atomic mass is 10.2. The molecule has 13 heavy (non-hydrogen) atoms. The molecule has 1 aromatic carbocycles. The minimum absolute atomic E-state index is 0.566. The summed E-state index contributed by atoms with van der Waals surface area (Å²) in [5.41, 5.74) is 6.43. The van der Waals surface area contributed by atoms with E-state index in [1.165, 1.54) is 0 Å². The molecule has 0 aliphatic rings. The third-order valence-electron chi connectivity index (χ3n) is 1.69. The second kappa shape index (κ2) is 5.56. The van der Waals surface area contributed by atoms with Gasteiger partial charge in [0.1, 0.15) is 5.75 Å². The van der Waals surface area contributed by atoms with Crippen molar-refractivity contribution in [1.82, 2.24) is 0 Å². The standard InChI is InChI=1S/C10H15NO2/c1-12-10-4-2-9(3-5-10)8-13-7-6-11/h2-5H,6-8,11H2,1H3. The maximum Gasteiger partial charge on any atom is 0.118 e. The van der Waals surface area contributed by atoms with Gasteiger partial charge in [-0.3, -0.25) is 0 Å². The number of nitrogens with two attached hydrogens (primary N) is 1. The Hall–Kier alpha value is -1.06. The van der Waals surface area contributed by atoms with E-state index in [4.69, 9.17) is 15.2 Å². The van der Waals surface area contributed by atoms with Gasteiger partial charge in [-0.15, -0.1) is 0 Å². The quantitative estimate of drug-likeness (QED) is 0.693. The summed E-state index contributed by atoms with van der Waals surface area (Å²) in [7, 11) is 1.65. The highest BCUT2D eigenvalue weighted by atomic mass is 16.5. The number of hydrogen-bond donors (Lipinski definition) is 1. The summed E-state index contributed by atoms with van der Waals surface area (Å²) in [5.74, 6) is 0.863. The predicted octanol–water partition coefficient (Wildman–Crippen LogP) is 1.17. The van der Waals surface area contributed by atoms with E-state index in [-0.39, 0.29) is 0 Å². The topological polar surface area (TPSA) is 44.5 Å². The second-order valence-corrected chi connectivity index (χ2v) is 2.69. The Kier molecular flexibility index (Phi) is 4.29. The van der Waals surface area contributed by atoms with Crippen molar-refractivity contribution in [2.45, 2.75) is 6.61 Å². The molecule has 0 radical (unpaired) electrons. The number of ether oxygens (including phenoxy) is 2. The molecule has 72 valence electrons. The van der Waals surface area contributed by atoms with Crippen molar-refractivity contribution in [3.8, 4) is 5.75 Å². The summed E-state index contributed by atoms with van der Waals surface area (Å²) in [5, 5.41) is 0. The number of methoxy groups -OCH3 is 1. The Bertz CT molecular complexity index is 233. The van der Waals surface area contributed by atoms with Crippen molar-refractivity contribution in [3.05, 3.63) is 29.8 Å². The van der Waals surface area contributed by atoms with Crippen molar-refractivity contribution >= 4 is 0 Å². The third kappa shape index (κ3) is 3.44. The van der Waals surface area contributed by atoms with Crippen LogP contribution in [0.5, 0.6) is 5.75 Å². The van der Waals surface area contributed by atoms with Gasteiger partial charge in [0.25, 0.3) is 0 Å². The summed E-state index contributed by atoms with van der Waals surface area (Å²) in [6.07, 6.45) is 0. The molecular formula is C10H15NO2. The normalized spacial score (nSPS) is 10.0. The Morgan fingerprint density at radius 1 is 1.23 bits per heavy atom. The van der Waals surface area contributed by atoms with Gasteiger partial charge in [0.2, 0.25) is 0 Å². The van der Waals surface area contributed by atoms with Crippen LogP contribution in [0, 0.1) is 0 Å². The molecule has 0 unspecified atom stereocenters. The largest absolute Gasteiger partial charge is 0.497 e. The number of rotatable bonds is 5. The Balaban J connectivity index is 2.40. The zero-order valence-electron chi connectivity index (χ0n) is 7.82. The fourth-order valence-corrected chi connectivity index (χ4v) is 0.995. The van der Waals surface area contributed by atoms with Gasteiger partial charge in [0, 0.05) is 6.54 Å². The van der Waals surface area contributed by atoms with Crippen LogP contribution in [0.3, 0.4) is 0 Å². The van der Waals surface area contributed by atoms with Crippen molar-refractivity contribution in [3.63, 3.8) is 0 Å². The molecule has 0 atom stereocenters. The molecule has 1 aromatic rings. The van der Waals surface area contributed by atoms with E-state index in [1.54, 1.807) is 7.11 Å². The molecule has 0 bridgehead atoms. The first-order valence-corrected chi connectivity index (χ1v) is 4.27. The first-order valence-electron chi connectivity index (χ1n) is 4.27. The van der Waals surface area contributed by atoms with E-state index in [0.717, 1.165) is 11.3 Å². The van der Waals surface area contributed by atoms with E-state index >= 15 is 0 Å². The van der Waals surface area contributed by atoms with Crippen LogP contribution in [0.15, 0.2) is 24.3 Å². The van der Waals surface area contributed by atoms with Gasteiger partial charge >= 0.3 is 0 Å². The van der Waals surface area contributed by atoms with E-state index < -0.39 is 0 Å². The van der Waals surface area contributed by atoms with Crippen molar-refractivity contribution in [2.75, 3.05) is 20.3 Å². The van der Waals surface area contributed by atoms with Crippen LogP contribution >= 0.6 is 0 Å². The van der Waals surface area contributed by atoms with Gasteiger partial charge in [-0.2, -0.15) is 0 Å². The highest BCUT2D eigenvalue weighted by molar-refractivity contribution is 5.26. The molecule has 0 spiro atoms. The molecule has 0 fully saturated rings. The Labute approximate surface area is 78.5 Å². The van der Waals surface area contributed by atoms with Crippen molar-refractivity contribution in [1.29, 1.82) is 0 Å². The zero-order valence-corrected chi connectivity index (χ0v) is 7.82. The lowest BCUT2D eigenvalue weighted by molar-refractivity contribution is 0.128. The fraction of sp³-hybridized carbons (Fsp3) is 0.400. The molecule has 2 N–H and O–H groups in total. The van der Waals surface area contributed by atoms with Crippen LogP contribution in [0.25, 0.3) is 0 Å². The summed E-state index contributed by atoms with van der Waals surface area (Å²) in [4.78, 5) is 0. The SMILES string of the molecule is COc1ccc(COCCN)cc1. The van der Waals surface area contributed by atoms with E-state index in [9.17, 15) is 0 Å². The van der Waals surface area contributed by atoms with Gasteiger partial charge in [0.15, 0.2) is 0 Å². The fourth-order valence-electron chi connectivity index (χ4n) is 0.995. The highest BCUT2D eigenvalue weighted by Crippen LogP contribution is 2.11. The minimum atomic E-state index is 0.566. The molecule has 0 saturated carbocycles. The van der Waals surface area contributed by atoms with Gasteiger partial charge < -0.3 is 15.2 Å². The minimum Gasteiger partial charge on any atom is -0.497 e. The zero-order chi connectivity index (χ0) is 9.52. The van der Waals surface area contributed by atoms with E-state index in [0.29, 0.717) is 19.8 Å². The van der Waals surface area contributed by atoms with Crippen LogP contribution < -0.4 is 10.5 Å². The van der Waals surface area contributed by atoms with Crippen LogP contribution in [-0.2, 0) is 11.3 Å². The average Bonchev–Trinajstić information content (AvgIpc) is 2.19. The van der Waals surface area contributed by atoms with Gasteiger partial charge in [0.05, 0.1) is 20.3 Å². The van der Waals surface area contributed by atoms with Crippen LogP contribution in [0.2, 0.25) is 0 Å². The molecule has 1 rings (SSSR count). The highest BCUT2D eigenvalue weighted by Gasteiger charge is 1.93. The second-order valence-electron chi connectivity index (χ2n) is 2.69. The average molecular weight is 181 g/mol. The summed E-state index contributed by atoms with van der Waals surface area (Å²) >= 11 is 0. The van der Waals surface area contributed by atoms with Crippen LogP contribution in [0.4, 0.5) is 0 Å². The summed E-state index contributed by atoms with van der Waals surface area (Å²) < 4.78 is 10.3. The lowest BCUT2D eigenvalue weighted by Crippen LogP contribution is -2.08. The maximum absolute atomic E-state index is 5.29. The van der Waals surface area contributed by atoms with Gasteiger partial charge in [-0.25, -0.2) is 0 Å². The lowest BCUT2D eigenvalue weighted by Gasteiger charge is -2.03. The molecule has 0 aliphatic heterocycles. The smallest absolute Gasteiger partial charge is 0.118 e. The summed E-state index contributed by atoms with van der Waals surface area (Å²) in [6.45, 7) is 1.78. The number of benzene rings is 1. The summed E-state index contributed by atoms with van der Waals surface area (Å²) in [6, 6.07) is 7.80. The first kappa shape index (κ1) is 10.0. The molecule has 3 nitrogen and oxygen atoms in total. The van der Waals surface area contributed by atoms with Crippen LogP contribution in [0.1, 0.15) is 5.56 Å². The molecular weight excluding hydrogens is 166 g/mol. The van der Waals surface area contributed by atoms with E-state index in [1.807, 2.05) is 24.3 Å². The Morgan fingerprint density at radius 3 is 2.46 bits per heavy atom. The van der Waals surface area contributed by atoms with Gasteiger partial charge in [-0.1, -0.05) is 12.1 Å². The monoisotopic (exact) mass is 181 g/mol. The van der Waals surface area contributed by atoms with E-state index in [2.05, 4.69) is 0 Å². The molecule has 0 aliphatic carbocycles. The molecule has 0 saturated heterocycles. The molecule has 0 amide bonds. The molecule has 0 heterocycles.